The summed E-state index contributed by atoms with van der Waals surface area (Å²) in [6.45, 7) is 6.40. The van der Waals surface area contributed by atoms with Crippen molar-refractivity contribution in [1.82, 2.24) is 24.9 Å². The fourth-order valence-electron chi connectivity index (χ4n) is 3.75. The van der Waals surface area contributed by atoms with Gasteiger partial charge in [-0.15, -0.1) is 11.3 Å². The topological polar surface area (TPSA) is 123 Å². The summed E-state index contributed by atoms with van der Waals surface area (Å²) in [4.78, 5) is 39.6. The molecule has 176 valence electrons. The number of piperazine rings is 1. The van der Waals surface area contributed by atoms with Gasteiger partial charge in [0.1, 0.15) is 17.2 Å². The lowest BCUT2D eigenvalue weighted by molar-refractivity contribution is -0.117. The van der Waals surface area contributed by atoms with E-state index in [0.717, 1.165) is 10.9 Å². The smallest absolute Gasteiger partial charge is 0.264 e. The van der Waals surface area contributed by atoms with Crippen molar-refractivity contribution in [2.24, 2.45) is 0 Å². The first-order chi connectivity index (χ1) is 15.9. The fraction of sp³-hybridized carbons (Fsp3) is 0.476. The van der Waals surface area contributed by atoms with E-state index >= 15 is 0 Å². The Hall–Kier alpha value is -3.09. The van der Waals surface area contributed by atoms with E-state index in [1.54, 1.807) is 27.2 Å². The van der Waals surface area contributed by atoms with E-state index in [-0.39, 0.29) is 25.0 Å². The predicted octanol–water partition coefficient (Wildman–Crippen LogP) is 1.85. The second kappa shape index (κ2) is 9.81. The summed E-state index contributed by atoms with van der Waals surface area (Å²) >= 11 is 1.34. The molecule has 0 saturated carbocycles. The molecule has 4 heterocycles. The van der Waals surface area contributed by atoms with Crippen LogP contribution in [0.2, 0.25) is 0 Å². The molecular weight excluding hydrogens is 448 g/mol. The molecule has 1 N–H and O–H groups in total. The van der Waals surface area contributed by atoms with Crippen molar-refractivity contribution in [2.45, 2.75) is 20.5 Å². The van der Waals surface area contributed by atoms with E-state index in [9.17, 15) is 9.59 Å². The van der Waals surface area contributed by atoms with E-state index < -0.39 is 0 Å². The van der Waals surface area contributed by atoms with Crippen LogP contribution in [0.4, 0.5) is 5.82 Å². The number of fused-ring (bicyclic) bond motifs is 1. The van der Waals surface area contributed by atoms with Crippen LogP contribution in [0.5, 0.6) is 5.88 Å². The monoisotopic (exact) mass is 474 g/mol. The van der Waals surface area contributed by atoms with Crippen LogP contribution in [0.15, 0.2) is 10.6 Å². The number of rotatable bonds is 7. The van der Waals surface area contributed by atoms with Gasteiger partial charge in [-0.3, -0.25) is 14.5 Å². The number of anilines is 1. The molecule has 0 radical (unpaired) electrons. The summed E-state index contributed by atoms with van der Waals surface area (Å²) in [5.74, 6) is 1.77. The average Bonchev–Trinajstić information content (AvgIpc) is 3.35. The van der Waals surface area contributed by atoms with Crippen LogP contribution in [0.1, 0.15) is 26.8 Å². The number of amides is 2. The molecule has 4 rings (SSSR count). The minimum Gasteiger partial charge on any atom is -0.480 e. The van der Waals surface area contributed by atoms with Crippen molar-refractivity contribution in [3.8, 4) is 5.88 Å². The molecule has 0 bridgehead atoms. The number of hydrogen-bond acceptors (Lipinski definition) is 10. The third-order valence-electron chi connectivity index (χ3n) is 5.39. The van der Waals surface area contributed by atoms with Crippen molar-refractivity contribution in [2.75, 3.05) is 52.3 Å². The summed E-state index contributed by atoms with van der Waals surface area (Å²) in [5.41, 5.74) is 0.811. The van der Waals surface area contributed by atoms with Gasteiger partial charge in [-0.1, -0.05) is 5.16 Å². The minimum atomic E-state index is -0.166. The fourth-order valence-corrected chi connectivity index (χ4v) is 4.91. The number of aryl methyl sites for hydroxylation is 2. The average molecular weight is 475 g/mol. The van der Waals surface area contributed by atoms with E-state index in [1.165, 1.54) is 11.3 Å². The first-order valence-corrected chi connectivity index (χ1v) is 11.3. The first kappa shape index (κ1) is 23.1. The molecule has 1 aliphatic rings. The van der Waals surface area contributed by atoms with Gasteiger partial charge in [0.25, 0.3) is 5.91 Å². The van der Waals surface area contributed by atoms with Crippen LogP contribution in [0.3, 0.4) is 0 Å². The van der Waals surface area contributed by atoms with Crippen molar-refractivity contribution in [3.63, 3.8) is 0 Å². The number of methoxy groups -OCH3 is 2. The van der Waals surface area contributed by atoms with E-state index in [1.807, 2.05) is 16.7 Å². The van der Waals surface area contributed by atoms with Crippen molar-refractivity contribution in [3.05, 3.63) is 28.1 Å². The SMILES string of the molecule is COCc1nc(OC)c2c(C)c(C(=O)N3CCN(CC(=O)Nc4cc(C)on4)CC3)sc2n1. The Kier molecular flexibility index (Phi) is 6.86. The molecule has 11 nitrogen and oxygen atoms in total. The molecule has 33 heavy (non-hydrogen) atoms. The van der Waals surface area contributed by atoms with Crippen molar-refractivity contribution < 1.29 is 23.6 Å². The van der Waals surface area contributed by atoms with Crippen molar-refractivity contribution in [1.29, 1.82) is 0 Å². The van der Waals surface area contributed by atoms with Gasteiger partial charge in [0, 0.05) is 39.4 Å². The van der Waals surface area contributed by atoms with Gasteiger partial charge >= 0.3 is 0 Å². The maximum absolute atomic E-state index is 13.3. The van der Waals surface area contributed by atoms with Crippen LogP contribution in [0.25, 0.3) is 10.2 Å². The number of thiophene rings is 1. The molecular formula is C21H26N6O5S. The Labute approximate surface area is 194 Å². The zero-order valence-electron chi connectivity index (χ0n) is 19.0. The first-order valence-electron chi connectivity index (χ1n) is 10.5. The third-order valence-corrected chi connectivity index (χ3v) is 6.56. The molecule has 12 heteroatoms. The molecule has 0 atom stereocenters. The van der Waals surface area contributed by atoms with Crippen LogP contribution >= 0.6 is 11.3 Å². The van der Waals surface area contributed by atoms with Gasteiger partial charge < -0.3 is 24.2 Å². The molecule has 1 fully saturated rings. The molecule has 0 unspecified atom stereocenters. The van der Waals surface area contributed by atoms with Gasteiger partial charge in [0.15, 0.2) is 11.6 Å². The third kappa shape index (κ3) is 4.97. The number of carbonyl (C=O) groups is 2. The van der Waals surface area contributed by atoms with Gasteiger partial charge in [0.05, 0.1) is 23.9 Å². The number of carbonyl (C=O) groups excluding carboxylic acids is 2. The van der Waals surface area contributed by atoms with E-state index in [2.05, 4.69) is 20.4 Å². The minimum absolute atomic E-state index is 0.0481. The van der Waals surface area contributed by atoms with Crippen LogP contribution in [0, 0.1) is 13.8 Å². The summed E-state index contributed by atoms with van der Waals surface area (Å²) < 4.78 is 15.5. The lowest BCUT2D eigenvalue weighted by atomic mass is 10.2. The van der Waals surface area contributed by atoms with Gasteiger partial charge in [0.2, 0.25) is 11.8 Å². The second-order valence-corrected chi connectivity index (χ2v) is 8.76. The van der Waals surface area contributed by atoms with Gasteiger partial charge in [-0.2, -0.15) is 4.98 Å². The zero-order valence-corrected chi connectivity index (χ0v) is 19.8. The Bertz CT molecular complexity index is 1170. The summed E-state index contributed by atoms with van der Waals surface area (Å²) in [6.07, 6.45) is 0. The van der Waals surface area contributed by atoms with E-state index in [4.69, 9.17) is 14.0 Å². The molecule has 0 aromatic carbocycles. The molecule has 2 amide bonds. The van der Waals surface area contributed by atoms with Gasteiger partial charge in [-0.25, -0.2) is 4.98 Å². The lowest BCUT2D eigenvalue weighted by Gasteiger charge is -2.34. The Morgan fingerprint density at radius 3 is 2.58 bits per heavy atom. The van der Waals surface area contributed by atoms with Crippen molar-refractivity contribution >= 4 is 39.2 Å². The molecule has 3 aromatic heterocycles. The lowest BCUT2D eigenvalue weighted by Crippen LogP contribution is -2.50. The standard InChI is InChI=1S/C21H26N6O5S/c1-12-9-14(25-32-12)22-16(28)10-26-5-7-27(8-6-26)21(29)18-13(2)17-19(31-4)23-15(11-30-3)24-20(17)33-18/h9H,5-8,10-11H2,1-4H3,(H,22,25,28). The van der Waals surface area contributed by atoms with E-state index in [0.29, 0.717) is 59.2 Å². The van der Waals surface area contributed by atoms with Crippen LogP contribution in [-0.2, 0) is 16.1 Å². The Balaban J connectivity index is 1.41. The van der Waals surface area contributed by atoms with Gasteiger partial charge in [-0.05, 0) is 19.4 Å². The van der Waals surface area contributed by atoms with Crippen LogP contribution in [-0.4, -0.2) is 83.7 Å². The summed E-state index contributed by atoms with van der Waals surface area (Å²) in [6, 6.07) is 1.67. The molecule has 0 aliphatic carbocycles. The molecule has 3 aromatic rings. The molecule has 1 saturated heterocycles. The Morgan fingerprint density at radius 2 is 1.94 bits per heavy atom. The van der Waals surface area contributed by atoms with Crippen LogP contribution < -0.4 is 10.1 Å². The number of hydrogen-bond donors (Lipinski definition) is 1. The highest BCUT2D eigenvalue weighted by molar-refractivity contribution is 7.20. The number of nitrogens with one attached hydrogen (secondary N) is 1. The highest BCUT2D eigenvalue weighted by Crippen LogP contribution is 2.35. The maximum Gasteiger partial charge on any atom is 0.264 e. The highest BCUT2D eigenvalue weighted by atomic mass is 32.1. The largest absolute Gasteiger partial charge is 0.480 e. The zero-order chi connectivity index (χ0) is 23.5. The highest BCUT2D eigenvalue weighted by Gasteiger charge is 2.28. The molecule has 0 spiro atoms. The molecule has 1 aliphatic heterocycles. The Morgan fingerprint density at radius 1 is 1.18 bits per heavy atom. The normalized spacial score (nSPS) is 14.6. The second-order valence-electron chi connectivity index (χ2n) is 7.76. The summed E-state index contributed by atoms with van der Waals surface area (Å²) in [5, 5.41) is 7.24. The number of nitrogens with zero attached hydrogens (tertiary/aromatic N) is 5. The number of ether oxygens (including phenoxy) is 2. The predicted molar refractivity (Wildman–Crippen MR) is 122 cm³/mol. The number of aromatic nitrogens is 3. The summed E-state index contributed by atoms with van der Waals surface area (Å²) in [7, 11) is 3.13. The quantitative estimate of drug-likeness (QED) is 0.546. The maximum atomic E-state index is 13.3.